The van der Waals surface area contributed by atoms with Crippen molar-refractivity contribution in [3.63, 3.8) is 0 Å². The van der Waals surface area contributed by atoms with Gasteiger partial charge in [0.15, 0.2) is 6.61 Å². The van der Waals surface area contributed by atoms with E-state index in [4.69, 9.17) is 4.74 Å². The minimum absolute atomic E-state index is 0.0909. The molecule has 0 saturated carbocycles. The van der Waals surface area contributed by atoms with Crippen molar-refractivity contribution in [1.29, 1.82) is 0 Å². The summed E-state index contributed by atoms with van der Waals surface area (Å²) < 4.78 is 31.4. The van der Waals surface area contributed by atoms with E-state index in [0.717, 1.165) is 19.2 Å². The molecule has 0 spiro atoms. The van der Waals surface area contributed by atoms with Gasteiger partial charge in [-0.3, -0.25) is 9.10 Å². The van der Waals surface area contributed by atoms with Gasteiger partial charge in [0.1, 0.15) is 5.75 Å². The highest BCUT2D eigenvalue weighted by Gasteiger charge is 2.11. The third-order valence-corrected chi connectivity index (χ3v) is 4.75. The van der Waals surface area contributed by atoms with Gasteiger partial charge in [0.2, 0.25) is 10.0 Å². The summed E-state index contributed by atoms with van der Waals surface area (Å²) in [4.78, 5) is 15.7. The van der Waals surface area contributed by atoms with Gasteiger partial charge in [0.05, 0.1) is 18.3 Å². The number of carbonyl (C=O) groups excluding carboxylic acids is 1. The van der Waals surface area contributed by atoms with Gasteiger partial charge in [0.25, 0.3) is 5.91 Å². The molecule has 1 amide bonds. The van der Waals surface area contributed by atoms with Crippen molar-refractivity contribution in [1.82, 2.24) is 14.9 Å². The third-order valence-electron chi connectivity index (χ3n) is 3.54. The molecule has 25 heavy (non-hydrogen) atoms. The number of rotatable bonds is 9. The van der Waals surface area contributed by atoms with Gasteiger partial charge in [-0.25, -0.2) is 13.4 Å². The van der Waals surface area contributed by atoms with Crippen molar-refractivity contribution in [3.05, 3.63) is 43.0 Å². The van der Waals surface area contributed by atoms with Crippen molar-refractivity contribution in [2.45, 2.75) is 13.0 Å². The number of imidazole rings is 1. The molecule has 0 aliphatic carbocycles. The highest BCUT2D eigenvalue weighted by molar-refractivity contribution is 7.92. The molecule has 0 radical (unpaired) electrons. The van der Waals surface area contributed by atoms with Gasteiger partial charge in [-0.05, 0) is 30.7 Å². The van der Waals surface area contributed by atoms with Crippen molar-refractivity contribution in [2.75, 3.05) is 30.8 Å². The first-order chi connectivity index (χ1) is 11.9. The molecule has 1 aromatic carbocycles. The highest BCUT2D eigenvalue weighted by atomic mass is 32.2. The van der Waals surface area contributed by atoms with Crippen LogP contribution in [-0.2, 0) is 21.4 Å². The first-order valence-corrected chi connectivity index (χ1v) is 9.60. The summed E-state index contributed by atoms with van der Waals surface area (Å²) in [5.74, 6) is 0.294. The van der Waals surface area contributed by atoms with Crippen LogP contribution in [0.2, 0.25) is 0 Å². The molecule has 0 aliphatic heterocycles. The quantitative estimate of drug-likeness (QED) is 0.665. The summed E-state index contributed by atoms with van der Waals surface area (Å²) in [6.45, 7) is 1.25. The largest absolute Gasteiger partial charge is 0.484 e. The second-order valence-electron chi connectivity index (χ2n) is 5.52. The molecule has 0 fully saturated rings. The lowest BCUT2D eigenvalue weighted by atomic mass is 10.3. The van der Waals surface area contributed by atoms with E-state index in [1.807, 2.05) is 10.8 Å². The third kappa shape index (κ3) is 6.11. The predicted octanol–water partition coefficient (Wildman–Crippen LogP) is 0.864. The smallest absolute Gasteiger partial charge is 0.257 e. The van der Waals surface area contributed by atoms with E-state index < -0.39 is 10.0 Å². The van der Waals surface area contributed by atoms with Gasteiger partial charge in [0, 0.05) is 32.5 Å². The fourth-order valence-electron chi connectivity index (χ4n) is 2.05. The number of anilines is 1. The standard InChI is InChI=1S/C16H22N4O4S/c1-19(25(2,22)23)14-4-6-15(7-5-14)24-12-16(21)18-8-3-10-20-11-9-17-13-20/h4-7,9,11,13H,3,8,10,12H2,1-2H3,(H,18,21). The Morgan fingerprint density at radius 1 is 1.32 bits per heavy atom. The monoisotopic (exact) mass is 366 g/mol. The van der Waals surface area contributed by atoms with E-state index in [1.54, 1.807) is 36.8 Å². The molecule has 8 nitrogen and oxygen atoms in total. The topological polar surface area (TPSA) is 93.5 Å². The van der Waals surface area contributed by atoms with E-state index in [9.17, 15) is 13.2 Å². The fourth-order valence-corrected chi connectivity index (χ4v) is 2.56. The Morgan fingerprint density at radius 2 is 2.04 bits per heavy atom. The zero-order chi connectivity index (χ0) is 18.3. The number of hydrogen-bond donors (Lipinski definition) is 1. The van der Waals surface area contributed by atoms with Gasteiger partial charge in [-0.2, -0.15) is 0 Å². The van der Waals surface area contributed by atoms with Crippen molar-refractivity contribution < 1.29 is 17.9 Å². The predicted molar refractivity (Wildman–Crippen MR) is 95.0 cm³/mol. The number of aryl methyl sites for hydroxylation is 1. The number of nitrogens with one attached hydrogen (secondary N) is 1. The second kappa shape index (κ2) is 8.52. The SMILES string of the molecule is CN(c1ccc(OCC(=O)NCCCn2ccnc2)cc1)S(C)(=O)=O. The van der Waals surface area contributed by atoms with Gasteiger partial charge < -0.3 is 14.6 Å². The van der Waals surface area contributed by atoms with Crippen LogP contribution in [0.1, 0.15) is 6.42 Å². The summed E-state index contributed by atoms with van der Waals surface area (Å²) >= 11 is 0. The van der Waals surface area contributed by atoms with Gasteiger partial charge in [-0.1, -0.05) is 0 Å². The molecule has 0 atom stereocenters. The molecule has 136 valence electrons. The van der Waals surface area contributed by atoms with Gasteiger partial charge in [-0.15, -0.1) is 0 Å². The zero-order valence-corrected chi connectivity index (χ0v) is 15.1. The first-order valence-electron chi connectivity index (χ1n) is 7.75. The lowest BCUT2D eigenvalue weighted by Crippen LogP contribution is -2.30. The van der Waals surface area contributed by atoms with E-state index in [1.165, 1.54) is 11.4 Å². The Bertz CT molecular complexity index is 773. The molecule has 2 rings (SSSR count). The Morgan fingerprint density at radius 3 is 2.64 bits per heavy atom. The second-order valence-corrected chi connectivity index (χ2v) is 7.53. The molecule has 1 aromatic heterocycles. The minimum Gasteiger partial charge on any atom is -0.484 e. The summed E-state index contributed by atoms with van der Waals surface area (Å²) in [7, 11) is -1.83. The van der Waals surface area contributed by atoms with Crippen LogP contribution in [0.4, 0.5) is 5.69 Å². The van der Waals surface area contributed by atoms with E-state index in [-0.39, 0.29) is 12.5 Å². The minimum atomic E-state index is -3.30. The fraction of sp³-hybridized carbons (Fsp3) is 0.375. The molecule has 0 saturated heterocycles. The van der Waals surface area contributed by atoms with E-state index in [0.29, 0.717) is 18.0 Å². The molecule has 1 N–H and O–H groups in total. The Balaban J connectivity index is 1.70. The van der Waals surface area contributed by atoms with Crippen LogP contribution < -0.4 is 14.4 Å². The Kier molecular flexibility index (Phi) is 6.40. The number of ether oxygens (including phenoxy) is 1. The average molecular weight is 366 g/mol. The number of benzene rings is 1. The maximum Gasteiger partial charge on any atom is 0.257 e. The Labute approximate surface area is 147 Å². The lowest BCUT2D eigenvalue weighted by Gasteiger charge is -2.16. The molecule has 1 heterocycles. The van der Waals surface area contributed by atoms with Crippen LogP contribution in [0.25, 0.3) is 0 Å². The molecular weight excluding hydrogens is 344 g/mol. The van der Waals surface area contributed by atoms with Crippen LogP contribution in [0.15, 0.2) is 43.0 Å². The van der Waals surface area contributed by atoms with Crippen molar-refractivity contribution in [2.24, 2.45) is 0 Å². The molecule has 0 bridgehead atoms. The molecular formula is C16H22N4O4S. The average Bonchev–Trinajstić information content (AvgIpc) is 3.09. The highest BCUT2D eigenvalue weighted by Crippen LogP contribution is 2.20. The number of carbonyl (C=O) groups is 1. The normalized spacial score (nSPS) is 11.1. The molecule has 0 aliphatic rings. The van der Waals surface area contributed by atoms with Crippen molar-refractivity contribution in [3.8, 4) is 5.75 Å². The maximum atomic E-state index is 11.7. The van der Waals surface area contributed by atoms with E-state index in [2.05, 4.69) is 10.3 Å². The lowest BCUT2D eigenvalue weighted by molar-refractivity contribution is -0.123. The zero-order valence-electron chi connectivity index (χ0n) is 14.3. The molecule has 2 aromatic rings. The summed E-state index contributed by atoms with van der Waals surface area (Å²) in [6.07, 6.45) is 7.25. The summed E-state index contributed by atoms with van der Waals surface area (Å²) in [6, 6.07) is 6.51. The number of nitrogens with zero attached hydrogens (tertiary/aromatic N) is 3. The maximum absolute atomic E-state index is 11.7. The van der Waals surface area contributed by atoms with Crippen LogP contribution in [-0.4, -0.2) is 50.3 Å². The number of sulfonamides is 1. The summed E-state index contributed by atoms with van der Waals surface area (Å²) in [5, 5.41) is 2.78. The van der Waals surface area contributed by atoms with Crippen LogP contribution in [0.5, 0.6) is 5.75 Å². The van der Waals surface area contributed by atoms with Crippen molar-refractivity contribution >= 4 is 21.6 Å². The van der Waals surface area contributed by atoms with Crippen LogP contribution >= 0.6 is 0 Å². The number of amides is 1. The van der Waals surface area contributed by atoms with Gasteiger partial charge >= 0.3 is 0 Å². The number of hydrogen-bond acceptors (Lipinski definition) is 5. The van der Waals surface area contributed by atoms with Crippen LogP contribution in [0, 0.1) is 0 Å². The molecule has 0 unspecified atom stereocenters. The number of aromatic nitrogens is 2. The van der Waals surface area contributed by atoms with E-state index >= 15 is 0 Å². The molecule has 9 heteroatoms. The summed E-state index contributed by atoms with van der Waals surface area (Å²) in [5.41, 5.74) is 0.527. The van der Waals surface area contributed by atoms with Crippen LogP contribution in [0.3, 0.4) is 0 Å². The Hall–Kier alpha value is -2.55. The first kappa shape index (κ1) is 18.8.